The molecule has 0 heteroatoms. The minimum absolute atomic E-state index is 0.139. The first kappa shape index (κ1) is 12.5. The second-order valence-electron chi connectivity index (χ2n) is 4.86. The van der Waals surface area contributed by atoms with Crippen LogP contribution >= 0.6 is 0 Å². The number of allylic oxidation sites excluding steroid dienone is 4. The van der Waals surface area contributed by atoms with Crippen LogP contribution in [0.3, 0.4) is 0 Å². The van der Waals surface area contributed by atoms with E-state index in [1.54, 1.807) is 6.08 Å². The molecule has 0 radical (unpaired) electrons. The molecule has 0 aliphatic heterocycles. The van der Waals surface area contributed by atoms with E-state index in [1.807, 2.05) is 12.2 Å². The molecule has 0 spiro atoms. The van der Waals surface area contributed by atoms with Gasteiger partial charge in [-0.25, -0.2) is 0 Å². The Kier molecular flexibility index (Phi) is 3.89. The normalized spacial score (nSPS) is 12.3. The molecule has 0 saturated heterocycles. The molecule has 0 atom stereocenters. The highest BCUT2D eigenvalue weighted by atomic mass is 14.2. The van der Waals surface area contributed by atoms with Crippen molar-refractivity contribution in [3.8, 4) is 0 Å². The molecule has 0 bridgehead atoms. The number of hydrogen-bond donors (Lipinski definition) is 0. The Morgan fingerprint density at radius 2 is 1.75 bits per heavy atom. The largest absolute Gasteiger partial charge is 0.0990 e. The van der Waals surface area contributed by atoms with Gasteiger partial charge in [0.2, 0.25) is 0 Å². The van der Waals surface area contributed by atoms with Crippen LogP contribution in [0.5, 0.6) is 0 Å². The minimum Gasteiger partial charge on any atom is -0.0990 e. The molecule has 0 amide bonds. The summed E-state index contributed by atoms with van der Waals surface area (Å²) in [7, 11) is 0. The van der Waals surface area contributed by atoms with Gasteiger partial charge in [-0.05, 0) is 22.1 Å². The highest BCUT2D eigenvalue weighted by Gasteiger charge is 2.17. The van der Waals surface area contributed by atoms with Crippen molar-refractivity contribution in [2.24, 2.45) is 0 Å². The van der Waals surface area contributed by atoms with Crippen LogP contribution in [-0.4, -0.2) is 0 Å². The molecular weight excluding hydrogens is 192 g/mol. The Labute approximate surface area is 99.0 Å². The van der Waals surface area contributed by atoms with E-state index in [4.69, 9.17) is 0 Å². The van der Waals surface area contributed by atoms with Crippen molar-refractivity contribution in [2.75, 3.05) is 0 Å². The Bertz CT molecular complexity index is 414. The lowest BCUT2D eigenvalue weighted by atomic mass is 9.81. The van der Waals surface area contributed by atoms with Gasteiger partial charge in [0.1, 0.15) is 0 Å². The first-order chi connectivity index (χ1) is 7.50. The van der Waals surface area contributed by atoms with Gasteiger partial charge in [-0.2, -0.15) is 0 Å². The van der Waals surface area contributed by atoms with Gasteiger partial charge in [0.15, 0.2) is 0 Å². The molecule has 1 aromatic rings. The zero-order valence-electron chi connectivity index (χ0n) is 10.5. The van der Waals surface area contributed by atoms with Crippen molar-refractivity contribution in [3.05, 3.63) is 66.8 Å². The Balaban J connectivity index is 3.38. The van der Waals surface area contributed by atoms with E-state index in [-0.39, 0.29) is 5.41 Å². The molecule has 0 nitrogen and oxygen atoms in total. The first-order valence-corrected chi connectivity index (χ1v) is 5.55. The van der Waals surface area contributed by atoms with Crippen molar-refractivity contribution in [3.63, 3.8) is 0 Å². The Hall–Kier alpha value is -1.56. The standard InChI is InChI=1S/C16H20/c1-6-10-13(7-2)14-11-8-9-12-15(14)16(3,4)5/h6-12H,1-2H2,3-5H3/b13-10+. The average Bonchev–Trinajstić information content (AvgIpc) is 2.25. The molecular formula is C16H20. The van der Waals surface area contributed by atoms with Crippen LogP contribution in [0.2, 0.25) is 0 Å². The maximum atomic E-state index is 3.86. The first-order valence-electron chi connectivity index (χ1n) is 5.55. The topological polar surface area (TPSA) is 0 Å². The summed E-state index contributed by atoms with van der Waals surface area (Å²) in [6.07, 6.45) is 5.68. The van der Waals surface area contributed by atoms with E-state index in [0.29, 0.717) is 0 Å². The lowest BCUT2D eigenvalue weighted by molar-refractivity contribution is 0.589. The van der Waals surface area contributed by atoms with E-state index in [0.717, 1.165) is 5.57 Å². The summed E-state index contributed by atoms with van der Waals surface area (Å²) in [5.41, 5.74) is 3.84. The van der Waals surface area contributed by atoms with Crippen LogP contribution in [0.25, 0.3) is 5.57 Å². The molecule has 16 heavy (non-hydrogen) atoms. The van der Waals surface area contributed by atoms with Gasteiger partial charge >= 0.3 is 0 Å². The van der Waals surface area contributed by atoms with Crippen LogP contribution in [-0.2, 0) is 5.41 Å². The van der Waals surface area contributed by atoms with Crippen LogP contribution in [0.4, 0.5) is 0 Å². The molecule has 0 fully saturated rings. The van der Waals surface area contributed by atoms with Gasteiger partial charge in [0.25, 0.3) is 0 Å². The van der Waals surface area contributed by atoms with Gasteiger partial charge in [-0.15, -0.1) is 0 Å². The summed E-state index contributed by atoms with van der Waals surface area (Å²) < 4.78 is 0. The van der Waals surface area contributed by atoms with E-state index in [1.165, 1.54) is 11.1 Å². The molecule has 0 saturated carbocycles. The maximum Gasteiger partial charge on any atom is -0.0126 e. The predicted molar refractivity (Wildman–Crippen MR) is 73.5 cm³/mol. The van der Waals surface area contributed by atoms with Gasteiger partial charge in [-0.1, -0.05) is 76.4 Å². The third kappa shape index (κ3) is 2.73. The van der Waals surface area contributed by atoms with Gasteiger partial charge in [0, 0.05) is 0 Å². The van der Waals surface area contributed by atoms with Crippen LogP contribution in [0, 0.1) is 0 Å². The summed E-state index contributed by atoms with van der Waals surface area (Å²) >= 11 is 0. The fraction of sp³-hybridized carbons (Fsp3) is 0.250. The van der Waals surface area contributed by atoms with Crippen molar-refractivity contribution >= 4 is 5.57 Å². The van der Waals surface area contributed by atoms with Crippen molar-refractivity contribution in [2.45, 2.75) is 26.2 Å². The van der Waals surface area contributed by atoms with Gasteiger partial charge < -0.3 is 0 Å². The van der Waals surface area contributed by atoms with Gasteiger partial charge in [-0.3, -0.25) is 0 Å². The Morgan fingerprint density at radius 3 is 2.25 bits per heavy atom. The Morgan fingerprint density at radius 1 is 1.12 bits per heavy atom. The van der Waals surface area contributed by atoms with Crippen molar-refractivity contribution in [1.82, 2.24) is 0 Å². The average molecular weight is 212 g/mol. The van der Waals surface area contributed by atoms with Crippen LogP contribution in [0.15, 0.2) is 55.7 Å². The third-order valence-corrected chi connectivity index (χ3v) is 2.56. The number of benzene rings is 1. The summed E-state index contributed by atoms with van der Waals surface area (Å²) in [6.45, 7) is 14.3. The van der Waals surface area contributed by atoms with E-state index >= 15 is 0 Å². The molecule has 0 aliphatic carbocycles. The minimum atomic E-state index is 0.139. The molecule has 0 aromatic heterocycles. The van der Waals surface area contributed by atoms with Crippen LogP contribution in [0.1, 0.15) is 31.9 Å². The maximum absolute atomic E-state index is 3.86. The summed E-state index contributed by atoms with van der Waals surface area (Å²) in [5.74, 6) is 0. The quantitative estimate of drug-likeness (QED) is 0.635. The zero-order valence-corrected chi connectivity index (χ0v) is 10.5. The van der Waals surface area contributed by atoms with Crippen molar-refractivity contribution in [1.29, 1.82) is 0 Å². The fourth-order valence-corrected chi connectivity index (χ4v) is 1.78. The second-order valence-corrected chi connectivity index (χ2v) is 4.86. The number of hydrogen-bond acceptors (Lipinski definition) is 0. The number of rotatable bonds is 3. The second kappa shape index (κ2) is 4.98. The summed E-state index contributed by atoms with van der Waals surface area (Å²) in [6, 6.07) is 8.46. The fourth-order valence-electron chi connectivity index (χ4n) is 1.78. The molecule has 0 unspecified atom stereocenters. The molecule has 84 valence electrons. The summed E-state index contributed by atoms with van der Waals surface area (Å²) in [5, 5.41) is 0. The molecule has 0 heterocycles. The highest BCUT2D eigenvalue weighted by Crippen LogP contribution is 2.30. The van der Waals surface area contributed by atoms with Crippen molar-refractivity contribution < 1.29 is 0 Å². The lowest BCUT2D eigenvalue weighted by Gasteiger charge is -2.23. The predicted octanol–water partition coefficient (Wildman–Crippen LogP) is 4.74. The highest BCUT2D eigenvalue weighted by molar-refractivity contribution is 5.77. The molecule has 1 aromatic carbocycles. The van der Waals surface area contributed by atoms with Gasteiger partial charge in [0.05, 0.1) is 0 Å². The van der Waals surface area contributed by atoms with E-state index in [2.05, 4.69) is 58.2 Å². The smallest absolute Gasteiger partial charge is 0.0126 e. The zero-order chi connectivity index (χ0) is 12.2. The SMILES string of the molecule is C=C/C=C(\C=C)c1ccccc1C(C)(C)C. The molecule has 0 aliphatic rings. The van der Waals surface area contributed by atoms with E-state index < -0.39 is 0 Å². The third-order valence-electron chi connectivity index (χ3n) is 2.56. The van der Waals surface area contributed by atoms with E-state index in [9.17, 15) is 0 Å². The van der Waals surface area contributed by atoms with Crippen LogP contribution < -0.4 is 0 Å². The lowest BCUT2D eigenvalue weighted by Crippen LogP contribution is -2.13. The molecule has 1 rings (SSSR count). The summed E-state index contributed by atoms with van der Waals surface area (Å²) in [4.78, 5) is 0. The monoisotopic (exact) mass is 212 g/mol. The molecule has 0 N–H and O–H groups in total.